The van der Waals surface area contributed by atoms with Gasteiger partial charge in [0.1, 0.15) is 5.82 Å². The van der Waals surface area contributed by atoms with E-state index in [0.717, 1.165) is 12.8 Å². The molecule has 0 spiro atoms. The predicted octanol–water partition coefficient (Wildman–Crippen LogP) is 3.81. The first kappa shape index (κ1) is 13.7. The van der Waals surface area contributed by atoms with Crippen LogP contribution in [0.15, 0.2) is 6.07 Å². The molecule has 1 aliphatic carbocycles. The maximum absolute atomic E-state index is 6.16. The quantitative estimate of drug-likeness (QED) is 0.585. The number of hydrogen-bond donors (Lipinski definition) is 3. The monoisotopic (exact) mass is 288 g/mol. The van der Waals surface area contributed by atoms with Gasteiger partial charge < -0.3 is 10.7 Å². The van der Waals surface area contributed by atoms with Gasteiger partial charge in [-0.15, -0.1) is 0 Å². The van der Waals surface area contributed by atoms with Crippen LogP contribution in [0.25, 0.3) is 0 Å². The first-order valence-corrected chi connectivity index (χ1v) is 6.90. The number of pyridine rings is 1. The van der Waals surface area contributed by atoms with E-state index < -0.39 is 0 Å². The van der Waals surface area contributed by atoms with E-state index in [0.29, 0.717) is 21.7 Å². The molecule has 0 aliphatic heterocycles. The van der Waals surface area contributed by atoms with Crippen LogP contribution < -0.4 is 16.6 Å². The molecule has 0 saturated heterocycles. The lowest BCUT2D eigenvalue weighted by atomic mass is 9.83. The topological polar surface area (TPSA) is 63.0 Å². The summed E-state index contributed by atoms with van der Waals surface area (Å²) in [7, 11) is 0. The van der Waals surface area contributed by atoms with E-state index >= 15 is 0 Å². The highest BCUT2D eigenvalue weighted by atomic mass is 35.5. The molecule has 0 atom stereocenters. The highest BCUT2D eigenvalue weighted by Crippen LogP contribution is 2.35. The number of rotatable bonds is 3. The van der Waals surface area contributed by atoms with Gasteiger partial charge in [-0.1, -0.05) is 42.5 Å². The molecule has 100 valence electrons. The lowest BCUT2D eigenvalue weighted by Crippen LogP contribution is -2.37. The second-order valence-electron chi connectivity index (χ2n) is 5.04. The van der Waals surface area contributed by atoms with Gasteiger partial charge in [0.05, 0.1) is 10.0 Å². The van der Waals surface area contributed by atoms with Crippen LogP contribution in [-0.4, -0.2) is 10.5 Å². The standard InChI is InChI=1S/C12H18Cl2N4/c1-12(5-3-2-4-6-12)17-10-8(13)7-9(14)11(16-10)18-15/h7H,2-6,15H2,1H3,(H2,16,17,18). The Morgan fingerprint density at radius 3 is 2.39 bits per heavy atom. The van der Waals surface area contributed by atoms with Crippen molar-refractivity contribution in [3.63, 3.8) is 0 Å². The lowest BCUT2D eigenvalue weighted by molar-refractivity contribution is 0.348. The summed E-state index contributed by atoms with van der Waals surface area (Å²) in [5.41, 5.74) is 2.52. The molecule has 1 heterocycles. The number of aromatic nitrogens is 1. The number of nitrogens with one attached hydrogen (secondary N) is 2. The molecule has 0 bridgehead atoms. The Morgan fingerprint density at radius 1 is 1.17 bits per heavy atom. The fourth-order valence-corrected chi connectivity index (χ4v) is 2.86. The molecule has 0 aromatic carbocycles. The highest BCUT2D eigenvalue weighted by molar-refractivity contribution is 6.37. The average Bonchev–Trinajstić information content (AvgIpc) is 2.33. The van der Waals surface area contributed by atoms with E-state index in [1.165, 1.54) is 19.3 Å². The van der Waals surface area contributed by atoms with Crippen molar-refractivity contribution in [3.05, 3.63) is 16.1 Å². The highest BCUT2D eigenvalue weighted by Gasteiger charge is 2.27. The molecule has 6 heteroatoms. The molecule has 2 rings (SSSR count). The van der Waals surface area contributed by atoms with Crippen molar-refractivity contribution in [2.45, 2.75) is 44.6 Å². The molecule has 1 saturated carbocycles. The minimum atomic E-state index is 0.0502. The largest absolute Gasteiger partial charge is 0.364 e. The average molecular weight is 289 g/mol. The summed E-state index contributed by atoms with van der Waals surface area (Å²) in [6.45, 7) is 2.20. The minimum absolute atomic E-state index is 0.0502. The maximum atomic E-state index is 6.16. The van der Waals surface area contributed by atoms with Crippen LogP contribution in [-0.2, 0) is 0 Å². The minimum Gasteiger partial charge on any atom is -0.364 e. The van der Waals surface area contributed by atoms with Gasteiger partial charge in [0, 0.05) is 5.54 Å². The van der Waals surface area contributed by atoms with Crippen LogP contribution in [0.3, 0.4) is 0 Å². The fraction of sp³-hybridized carbons (Fsp3) is 0.583. The van der Waals surface area contributed by atoms with Gasteiger partial charge in [0.15, 0.2) is 5.82 Å². The number of nitrogens with two attached hydrogens (primary N) is 1. The van der Waals surface area contributed by atoms with Crippen molar-refractivity contribution >= 4 is 34.8 Å². The molecule has 4 N–H and O–H groups in total. The zero-order valence-electron chi connectivity index (χ0n) is 10.4. The molecule has 1 aliphatic rings. The van der Waals surface area contributed by atoms with Crippen molar-refractivity contribution in [3.8, 4) is 0 Å². The van der Waals surface area contributed by atoms with Crippen molar-refractivity contribution < 1.29 is 0 Å². The molecular weight excluding hydrogens is 271 g/mol. The van der Waals surface area contributed by atoms with Crippen molar-refractivity contribution in [2.75, 3.05) is 10.7 Å². The fourth-order valence-electron chi connectivity index (χ4n) is 2.40. The molecule has 0 amide bonds. The second-order valence-corrected chi connectivity index (χ2v) is 5.85. The van der Waals surface area contributed by atoms with Crippen LogP contribution in [0.4, 0.5) is 11.6 Å². The third-order valence-corrected chi connectivity index (χ3v) is 4.02. The van der Waals surface area contributed by atoms with Gasteiger partial charge in [-0.2, -0.15) is 0 Å². The molecule has 4 nitrogen and oxygen atoms in total. The van der Waals surface area contributed by atoms with Crippen molar-refractivity contribution in [1.82, 2.24) is 4.98 Å². The van der Waals surface area contributed by atoms with Crippen LogP contribution in [0, 0.1) is 0 Å². The Hall–Kier alpha value is -0.710. The third-order valence-electron chi connectivity index (χ3n) is 3.44. The number of anilines is 2. The number of hydrogen-bond acceptors (Lipinski definition) is 4. The summed E-state index contributed by atoms with van der Waals surface area (Å²) in [6, 6.07) is 1.65. The van der Waals surface area contributed by atoms with Gasteiger partial charge in [-0.3, -0.25) is 0 Å². The van der Waals surface area contributed by atoms with E-state index in [9.17, 15) is 0 Å². The Balaban J connectivity index is 2.22. The normalized spacial score (nSPS) is 18.4. The maximum Gasteiger partial charge on any atom is 0.161 e. The van der Waals surface area contributed by atoms with Crippen molar-refractivity contribution in [2.24, 2.45) is 5.84 Å². The Labute approximate surface area is 117 Å². The first-order chi connectivity index (χ1) is 8.54. The van der Waals surface area contributed by atoms with Crippen LogP contribution in [0.2, 0.25) is 10.0 Å². The summed E-state index contributed by atoms with van der Waals surface area (Å²) < 4.78 is 0. The SMILES string of the molecule is CC1(Nc2nc(NN)c(Cl)cc2Cl)CCCCC1. The number of hydrazine groups is 1. The van der Waals surface area contributed by atoms with E-state index in [1.54, 1.807) is 6.07 Å². The number of nitrogen functional groups attached to an aromatic ring is 1. The summed E-state index contributed by atoms with van der Waals surface area (Å²) in [5, 5.41) is 4.37. The molecular formula is C12H18Cl2N4. The van der Waals surface area contributed by atoms with Gasteiger partial charge in [0.2, 0.25) is 0 Å². The molecule has 1 aromatic rings. The molecule has 0 radical (unpaired) electrons. The first-order valence-electron chi connectivity index (χ1n) is 6.15. The van der Waals surface area contributed by atoms with Crippen LogP contribution >= 0.6 is 23.2 Å². The number of nitrogens with zero attached hydrogens (tertiary/aromatic N) is 1. The predicted molar refractivity (Wildman–Crippen MR) is 77.2 cm³/mol. The summed E-state index contributed by atoms with van der Waals surface area (Å²) in [4.78, 5) is 4.32. The smallest absolute Gasteiger partial charge is 0.161 e. The molecule has 0 unspecified atom stereocenters. The molecule has 1 aromatic heterocycles. The van der Waals surface area contributed by atoms with Crippen LogP contribution in [0.5, 0.6) is 0 Å². The lowest BCUT2D eigenvalue weighted by Gasteiger charge is -2.35. The second kappa shape index (κ2) is 5.51. The van der Waals surface area contributed by atoms with Crippen LogP contribution in [0.1, 0.15) is 39.0 Å². The number of halogens is 2. The van der Waals surface area contributed by atoms with E-state index in [1.807, 2.05) is 0 Å². The Morgan fingerprint density at radius 2 is 1.78 bits per heavy atom. The van der Waals surface area contributed by atoms with E-state index in [4.69, 9.17) is 29.0 Å². The van der Waals surface area contributed by atoms with E-state index in [2.05, 4.69) is 22.7 Å². The van der Waals surface area contributed by atoms with E-state index in [-0.39, 0.29) is 5.54 Å². The summed E-state index contributed by atoms with van der Waals surface area (Å²) in [5.74, 6) is 6.44. The Bertz CT molecular complexity index is 430. The van der Waals surface area contributed by atoms with Gasteiger partial charge in [0.25, 0.3) is 0 Å². The molecule has 18 heavy (non-hydrogen) atoms. The van der Waals surface area contributed by atoms with Gasteiger partial charge >= 0.3 is 0 Å². The zero-order valence-corrected chi connectivity index (χ0v) is 11.9. The van der Waals surface area contributed by atoms with Gasteiger partial charge in [-0.25, -0.2) is 10.8 Å². The summed E-state index contributed by atoms with van der Waals surface area (Å²) >= 11 is 12.1. The van der Waals surface area contributed by atoms with Gasteiger partial charge in [-0.05, 0) is 25.8 Å². The zero-order chi connectivity index (χ0) is 13.2. The third kappa shape index (κ3) is 2.99. The summed E-state index contributed by atoms with van der Waals surface area (Å²) in [6.07, 6.45) is 6.01. The van der Waals surface area contributed by atoms with Crippen molar-refractivity contribution in [1.29, 1.82) is 0 Å². The molecule has 1 fully saturated rings. The Kier molecular flexibility index (Phi) is 4.20.